The molecule has 4 atom stereocenters. The van der Waals surface area contributed by atoms with Crippen molar-refractivity contribution < 1.29 is 14.3 Å². The number of carbonyl (C=O) groups is 1. The van der Waals surface area contributed by atoms with Gasteiger partial charge in [0.25, 0.3) is 0 Å². The Morgan fingerprint density at radius 2 is 1.66 bits per heavy atom. The Bertz CT molecular complexity index is 757. The summed E-state index contributed by atoms with van der Waals surface area (Å²) in [6.07, 6.45) is 9.62. The summed E-state index contributed by atoms with van der Waals surface area (Å²) < 4.78 is 12.0. The van der Waals surface area contributed by atoms with Gasteiger partial charge in [-0.3, -0.25) is 4.79 Å². The molecule has 2 aliphatic carbocycles. The Hall–Kier alpha value is -1.51. The first kappa shape index (κ1) is 25.1. The highest BCUT2D eigenvalue weighted by atomic mass is 16.5. The summed E-state index contributed by atoms with van der Waals surface area (Å²) in [7, 11) is 1.71. The number of fused-ring (bicyclic) bond motifs is 2. The number of unbranched alkanes of at least 4 members (excludes halogenated alkanes) is 2. The van der Waals surface area contributed by atoms with E-state index in [0.29, 0.717) is 11.8 Å². The van der Waals surface area contributed by atoms with E-state index in [1.54, 1.807) is 7.11 Å². The maximum Gasteiger partial charge on any atom is 0.312 e. The Balaban J connectivity index is 1.85. The molecule has 0 aliphatic heterocycles. The summed E-state index contributed by atoms with van der Waals surface area (Å²) in [5, 5.41) is 0. The summed E-state index contributed by atoms with van der Waals surface area (Å²) >= 11 is 0. The van der Waals surface area contributed by atoms with Gasteiger partial charge in [-0.2, -0.15) is 0 Å². The summed E-state index contributed by atoms with van der Waals surface area (Å²) in [4.78, 5) is 13.7. The number of benzene rings is 1. The molecule has 0 unspecified atom stereocenters. The van der Waals surface area contributed by atoms with Crippen LogP contribution in [0.5, 0.6) is 5.75 Å². The van der Waals surface area contributed by atoms with Crippen LogP contribution in [0.2, 0.25) is 0 Å². The van der Waals surface area contributed by atoms with E-state index in [-0.39, 0.29) is 28.3 Å². The minimum absolute atomic E-state index is 0.00608. The molecule has 32 heavy (non-hydrogen) atoms. The number of rotatable bonds is 11. The smallest absolute Gasteiger partial charge is 0.312 e. The lowest BCUT2D eigenvalue weighted by Gasteiger charge is -2.41. The molecule has 1 aromatic rings. The lowest BCUT2D eigenvalue weighted by Crippen LogP contribution is -2.44. The third kappa shape index (κ3) is 4.46. The zero-order chi connectivity index (χ0) is 23.6. The topological polar surface area (TPSA) is 35.5 Å². The fourth-order valence-electron chi connectivity index (χ4n) is 6.72. The van der Waals surface area contributed by atoms with Gasteiger partial charge in [0.05, 0.1) is 12.5 Å². The van der Waals surface area contributed by atoms with Crippen LogP contribution in [0, 0.1) is 28.1 Å². The van der Waals surface area contributed by atoms with Crippen molar-refractivity contribution in [3.63, 3.8) is 0 Å². The van der Waals surface area contributed by atoms with Gasteiger partial charge in [-0.15, -0.1) is 0 Å². The average Bonchev–Trinajstić information content (AvgIpc) is 3.10. The van der Waals surface area contributed by atoms with Crippen molar-refractivity contribution in [3.8, 4) is 5.75 Å². The van der Waals surface area contributed by atoms with E-state index in [9.17, 15) is 4.79 Å². The van der Waals surface area contributed by atoms with Crippen LogP contribution < -0.4 is 4.74 Å². The molecule has 0 heterocycles. The van der Waals surface area contributed by atoms with Gasteiger partial charge >= 0.3 is 5.97 Å². The molecule has 3 nitrogen and oxygen atoms in total. The highest BCUT2D eigenvalue weighted by Gasteiger charge is 2.67. The molecule has 2 saturated carbocycles. The lowest BCUT2D eigenvalue weighted by molar-refractivity contribution is -0.173. The Morgan fingerprint density at radius 3 is 2.19 bits per heavy atom. The van der Waals surface area contributed by atoms with E-state index >= 15 is 0 Å². The molecule has 2 aliphatic rings. The van der Waals surface area contributed by atoms with Crippen LogP contribution in [0.15, 0.2) is 24.3 Å². The Morgan fingerprint density at radius 1 is 1.06 bits per heavy atom. The third-order valence-corrected chi connectivity index (χ3v) is 9.43. The summed E-state index contributed by atoms with van der Waals surface area (Å²) in [5.74, 6) is 1.90. The lowest BCUT2D eigenvalue weighted by atomic mass is 9.69. The molecule has 180 valence electrons. The van der Waals surface area contributed by atoms with Crippen LogP contribution >= 0.6 is 0 Å². The second kappa shape index (κ2) is 9.77. The monoisotopic (exact) mass is 442 g/mol. The standard InChI is InChI=1S/C29H46O3/c1-8-10-17-28(5,18-11-9-2)26(30)32-25-23(20-21-12-14-22(31-7)15-13-21)24-16-19-29(25,6)27(24,3)4/h12-15,23-25H,8-11,16-20H2,1-7H3/t23-,24+,25+,29-/m0/s1. The van der Waals surface area contributed by atoms with Crippen molar-refractivity contribution in [1.82, 2.24) is 0 Å². The van der Waals surface area contributed by atoms with Crippen molar-refractivity contribution in [2.24, 2.45) is 28.1 Å². The van der Waals surface area contributed by atoms with Gasteiger partial charge in [-0.05, 0) is 68.1 Å². The van der Waals surface area contributed by atoms with Gasteiger partial charge in [0, 0.05) is 11.3 Å². The molecule has 0 aromatic heterocycles. The number of hydrogen-bond acceptors (Lipinski definition) is 3. The van der Waals surface area contributed by atoms with Gasteiger partial charge < -0.3 is 9.47 Å². The first-order valence-corrected chi connectivity index (χ1v) is 13.0. The largest absolute Gasteiger partial charge is 0.497 e. The van der Waals surface area contributed by atoms with Crippen molar-refractivity contribution >= 4 is 5.97 Å². The average molecular weight is 443 g/mol. The van der Waals surface area contributed by atoms with E-state index in [0.717, 1.165) is 57.1 Å². The van der Waals surface area contributed by atoms with Crippen LogP contribution in [-0.2, 0) is 16.0 Å². The number of esters is 1. The van der Waals surface area contributed by atoms with Crippen LogP contribution in [-0.4, -0.2) is 19.2 Å². The maximum atomic E-state index is 13.7. The quantitative estimate of drug-likeness (QED) is 0.331. The van der Waals surface area contributed by atoms with Crippen molar-refractivity contribution in [2.45, 2.75) is 105 Å². The van der Waals surface area contributed by atoms with Gasteiger partial charge in [0.2, 0.25) is 0 Å². The van der Waals surface area contributed by atoms with Crippen LogP contribution in [0.3, 0.4) is 0 Å². The fraction of sp³-hybridized carbons (Fsp3) is 0.759. The van der Waals surface area contributed by atoms with Crippen LogP contribution in [0.1, 0.15) is 98.5 Å². The van der Waals surface area contributed by atoms with Gasteiger partial charge in [0.15, 0.2) is 0 Å². The fourth-order valence-corrected chi connectivity index (χ4v) is 6.72. The second-order valence-electron chi connectivity index (χ2n) is 11.6. The van der Waals surface area contributed by atoms with E-state index < -0.39 is 0 Å². The predicted octanol–water partition coefficient (Wildman–Crippen LogP) is 7.61. The highest BCUT2D eigenvalue weighted by Crippen LogP contribution is 2.69. The number of methoxy groups -OCH3 is 1. The molecule has 1 aromatic carbocycles. The Labute approximate surface area is 196 Å². The molecule has 3 rings (SSSR count). The van der Waals surface area contributed by atoms with Gasteiger partial charge in [-0.1, -0.05) is 72.4 Å². The summed E-state index contributed by atoms with van der Waals surface area (Å²) in [6, 6.07) is 8.43. The zero-order valence-corrected chi connectivity index (χ0v) is 21.6. The minimum atomic E-state index is -0.362. The van der Waals surface area contributed by atoms with Crippen LogP contribution in [0.4, 0.5) is 0 Å². The molecule has 0 saturated heterocycles. The molecular weight excluding hydrogens is 396 g/mol. The number of hydrogen-bond donors (Lipinski definition) is 0. The van der Waals surface area contributed by atoms with E-state index in [4.69, 9.17) is 9.47 Å². The number of ether oxygens (including phenoxy) is 2. The highest BCUT2D eigenvalue weighted by molar-refractivity contribution is 5.76. The van der Waals surface area contributed by atoms with Crippen LogP contribution in [0.25, 0.3) is 0 Å². The van der Waals surface area contributed by atoms with Gasteiger partial charge in [-0.25, -0.2) is 0 Å². The summed E-state index contributed by atoms with van der Waals surface area (Å²) in [5.41, 5.74) is 1.17. The number of carbonyl (C=O) groups excluding carboxylic acids is 1. The first-order valence-electron chi connectivity index (χ1n) is 13.0. The third-order valence-electron chi connectivity index (χ3n) is 9.43. The summed E-state index contributed by atoms with van der Waals surface area (Å²) in [6.45, 7) is 13.8. The second-order valence-corrected chi connectivity index (χ2v) is 11.6. The van der Waals surface area contributed by atoms with E-state index in [1.165, 1.54) is 12.0 Å². The predicted molar refractivity (Wildman–Crippen MR) is 132 cm³/mol. The maximum absolute atomic E-state index is 13.7. The van der Waals surface area contributed by atoms with E-state index in [1.807, 2.05) is 12.1 Å². The molecule has 2 fully saturated rings. The minimum Gasteiger partial charge on any atom is -0.497 e. The molecule has 2 bridgehead atoms. The molecule has 0 N–H and O–H groups in total. The van der Waals surface area contributed by atoms with Crippen molar-refractivity contribution in [1.29, 1.82) is 0 Å². The SMILES string of the molecule is CCCCC(C)(CCCC)C(=O)O[C@@H]1[C@@H](Cc2ccc(OC)cc2)[C@H]2CC[C@]1(C)C2(C)C. The normalized spacial score (nSPS) is 28.7. The first-order chi connectivity index (χ1) is 15.1. The van der Waals surface area contributed by atoms with E-state index in [2.05, 4.69) is 53.7 Å². The van der Waals surface area contributed by atoms with Gasteiger partial charge in [0.1, 0.15) is 11.9 Å². The molecule has 0 spiro atoms. The Kier molecular flexibility index (Phi) is 7.67. The van der Waals surface area contributed by atoms with Crippen molar-refractivity contribution in [3.05, 3.63) is 29.8 Å². The molecular formula is C29H46O3. The zero-order valence-electron chi connectivity index (χ0n) is 21.6. The van der Waals surface area contributed by atoms with Crippen molar-refractivity contribution in [2.75, 3.05) is 7.11 Å². The molecule has 3 heteroatoms. The molecule has 0 radical (unpaired) electrons. The molecule has 0 amide bonds.